The first kappa shape index (κ1) is 9.47. The van der Waals surface area contributed by atoms with Gasteiger partial charge in [0.25, 0.3) is 0 Å². The molecule has 0 radical (unpaired) electrons. The molecule has 0 spiro atoms. The van der Waals surface area contributed by atoms with Gasteiger partial charge in [-0.1, -0.05) is 12.1 Å². The Morgan fingerprint density at radius 3 is 3.12 bits per heavy atom. The summed E-state index contributed by atoms with van der Waals surface area (Å²) in [4.78, 5) is 4.38. The molecule has 0 aliphatic carbocycles. The molecule has 1 aliphatic rings. The Labute approximate surface area is 92.1 Å². The van der Waals surface area contributed by atoms with E-state index in [1.807, 2.05) is 10.7 Å². The molecule has 3 rings (SSSR count). The van der Waals surface area contributed by atoms with Crippen molar-refractivity contribution in [3.05, 3.63) is 35.9 Å². The second kappa shape index (κ2) is 3.68. The monoisotopic (exact) mass is 218 g/mol. The highest BCUT2D eigenvalue weighted by Crippen LogP contribution is 2.17. The molecule has 4 nitrogen and oxygen atoms in total. The molecule has 0 saturated carbocycles. The lowest BCUT2D eigenvalue weighted by molar-refractivity contribution is 0.469. The summed E-state index contributed by atoms with van der Waals surface area (Å²) < 4.78 is 14.9. The number of fused-ring (bicyclic) bond motifs is 1. The number of hydrogen-bond donors (Lipinski definition) is 1. The summed E-state index contributed by atoms with van der Waals surface area (Å²) in [5, 5.41) is 7.58. The van der Waals surface area contributed by atoms with Crippen LogP contribution in [0.2, 0.25) is 0 Å². The molecular formula is C11H11FN4. The van der Waals surface area contributed by atoms with Gasteiger partial charge in [-0.25, -0.2) is 14.1 Å². The van der Waals surface area contributed by atoms with E-state index in [9.17, 15) is 4.39 Å². The zero-order valence-corrected chi connectivity index (χ0v) is 8.65. The van der Waals surface area contributed by atoms with Gasteiger partial charge in [-0.2, -0.15) is 5.10 Å². The van der Waals surface area contributed by atoms with Gasteiger partial charge in [0.15, 0.2) is 5.82 Å². The predicted octanol–water partition coefficient (Wildman–Crippen LogP) is 1.19. The number of nitrogens with zero attached hydrogens (tertiary/aromatic N) is 3. The molecule has 0 bridgehead atoms. The van der Waals surface area contributed by atoms with Crippen molar-refractivity contribution in [1.82, 2.24) is 20.1 Å². The third kappa shape index (κ3) is 1.59. The normalized spacial score (nSPS) is 14.8. The SMILES string of the molecule is Fc1cccc(-c2nc3n(n2)CCNC3)c1. The van der Waals surface area contributed by atoms with Crippen LogP contribution in [0.1, 0.15) is 5.82 Å². The van der Waals surface area contributed by atoms with Gasteiger partial charge in [-0.05, 0) is 12.1 Å². The van der Waals surface area contributed by atoms with Gasteiger partial charge in [0.1, 0.15) is 11.6 Å². The summed E-state index contributed by atoms with van der Waals surface area (Å²) in [6.45, 7) is 2.44. The lowest BCUT2D eigenvalue weighted by atomic mass is 10.2. The van der Waals surface area contributed by atoms with Gasteiger partial charge in [-0.3, -0.25) is 0 Å². The van der Waals surface area contributed by atoms with Gasteiger partial charge >= 0.3 is 0 Å². The van der Waals surface area contributed by atoms with Gasteiger partial charge in [-0.15, -0.1) is 0 Å². The van der Waals surface area contributed by atoms with E-state index in [1.165, 1.54) is 12.1 Å². The van der Waals surface area contributed by atoms with Crippen LogP contribution in [0.4, 0.5) is 4.39 Å². The van der Waals surface area contributed by atoms with Crippen molar-refractivity contribution in [3.8, 4) is 11.4 Å². The van der Waals surface area contributed by atoms with E-state index in [4.69, 9.17) is 0 Å². The average molecular weight is 218 g/mol. The van der Waals surface area contributed by atoms with E-state index in [1.54, 1.807) is 6.07 Å². The molecule has 0 unspecified atom stereocenters. The van der Waals surface area contributed by atoms with Gasteiger partial charge in [0.2, 0.25) is 0 Å². The maximum atomic E-state index is 13.1. The summed E-state index contributed by atoms with van der Waals surface area (Å²) in [5.74, 6) is 1.24. The van der Waals surface area contributed by atoms with E-state index in [0.29, 0.717) is 5.82 Å². The molecule has 1 aromatic carbocycles. The molecule has 2 aromatic rings. The van der Waals surface area contributed by atoms with Gasteiger partial charge in [0, 0.05) is 12.1 Å². The maximum absolute atomic E-state index is 13.1. The van der Waals surface area contributed by atoms with Crippen molar-refractivity contribution in [3.63, 3.8) is 0 Å². The number of benzene rings is 1. The largest absolute Gasteiger partial charge is 0.308 e. The van der Waals surface area contributed by atoms with E-state index in [2.05, 4.69) is 15.4 Å². The zero-order chi connectivity index (χ0) is 11.0. The van der Waals surface area contributed by atoms with Crippen molar-refractivity contribution >= 4 is 0 Å². The van der Waals surface area contributed by atoms with Crippen LogP contribution in [0.15, 0.2) is 24.3 Å². The van der Waals surface area contributed by atoms with Gasteiger partial charge in [0.05, 0.1) is 13.1 Å². The molecular weight excluding hydrogens is 207 g/mol. The number of hydrogen-bond acceptors (Lipinski definition) is 3. The van der Waals surface area contributed by atoms with E-state index < -0.39 is 0 Å². The molecule has 2 heterocycles. The van der Waals surface area contributed by atoms with E-state index in [-0.39, 0.29) is 5.82 Å². The summed E-state index contributed by atoms with van der Waals surface area (Å²) in [5.41, 5.74) is 0.724. The highest BCUT2D eigenvalue weighted by Gasteiger charge is 2.14. The summed E-state index contributed by atoms with van der Waals surface area (Å²) in [6.07, 6.45) is 0. The van der Waals surface area contributed by atoms with E-state index in [0.717, 1.165) is 31.0 Å². The molecule has 0 amide bonds. The minimum atomic E-state index is -0.261. The Balaban J connectivity index is 2.03. The number of rotatable bonds is 1. The average Bonchev–Trinajstić information content (AvgIpc) is 2.72. The summed E-state index contributed by atoms with van der Waals surface area (Å²) >= 11 is 0. The minimum absolute atomic E-state index is 0.261. The van der Waals surface area contributed by atoms with E-state index >= 15 is 0 Å². The fourth-order valence-electron chi connectivity index (χ4n) is 1.82. The second-order valence-corrected chi connectivity index (χ2v) is 3.76. The molecule has 82 valence electrons. The van der Waals surface area contributed by atoms with Crippen molar-refractivity contribution in [2.75, 3.05) is 6.54 Å². The Hall–Kier alpha value is -1.75. The third-order valence-corrected chi connectivity index (χ3v) is 2.61. The molecule has 16 heavy (non-hydrogen) atoms. The highest BCUT2D eigenvalue weighted by atomic mass is 19.1. The molecule has 0 fully saturated rings. The van der Waals surface area contributed by atoms with Crippen LogP contribution in [-0.2, 0) is 13.1 Å². The second-order valence-electron chi connectivity index (χ2n) is 3.76. The molecule has 5 heteroatoms. The minimum Gasteiger partial charge on any atom is -0.308 e. The first-order valence-electron chi connectivity index (χ1n) is 5.23. The van der Waals surface area contributed by atoms with Crippen LogP contribution in [0.25, 0.3) is 11.4 Å². The molecule has 0 saturated heterocycles. The number of aromatic nitrogens is 3. The fraction of sp³-hybridized carbons (Fsp3) is 0.273. The quantitative estimate of drug-likeness (QED) is 0.781. The van der Waals surface area contributed by atoms with Crippen molar-refractivity contribution in [2.24, 2.45) is 0 Å². The van der Waals surface area contributed by atoms with Gasteiger partial charge < -0.3 is 5.32 Å². The Morgan fingerprint density at radius 1 is 1.38 bits per heavy atom. The lowest BCUT2D eigenvalue weighted by Crippen LogP contribution is -2.28. The standard InChI is InChI=1S/C11H11FN4/c12-9-3-1-2-8(6-9)11-14-10-7-13-4-5-16(10)15-11/h1-3,6,13H,4-5,7H2. The third-order valence-electron chi connectivity index (χ3n) is 2.61. The lowest BCUT2D eigenvalue weighted by Gasteiger charge is -2.11. The van der Waals surface area contributed by atoms with Crippen LogP contribution in [-0.4, -0.2) is 21.3 Å². The van der Waals surface area contributed by atoms with Crippen molar-refractivity contribution < 1.29 is 4.39 Å². The Bertz CT molecular complexity index is 497. The Kier molecular flexibility index (Phi) is 2.18. The molecule has 1 N–H and O–H groups in total. The first-order chi connectivity index (χ1) is 7.83. The van der Waals surface area contributed by atoms with Crippen LogP contribution in [0.3, 0.4) is 0 Å². The van der Waals surface area contributed by atoms with Crippen molar-refractivity contribution in [2.45, 2.75) is 13.1 Å². The van der Waals surface area contributed by atoms with Crippen molar-refractivity contribution in [1.29, 1.82) is 0 Å². The predicted molar refractivity (Wildman–Crippen MR) is 57.1 cm³/mol. The molecule has 1 aromatic heterocycles. The smallest absolute Gasteiger partial charge is 0.181 e. The summed E-state index contributed by atoms with van der Waals surface area (Å²) in [6, 6.07) is 6.36. The first-order valence-corrected chi connectivity index (χ1v) is 5.23. The highest BCUT2D eigenvalue weighted by molar-refractivity contribution is 5.54. The number of halogens is 1. The maximum Gasteiger partial charge on any atom is 0.181 e. The Morgan fingerprint density at radius 2 is 2.31 bits per heavy atom. The number of nitrogens with one attached hydrogen (secondary N) is 1. The van der Waals surface area contributed by atoms with Crippen LogP contribution in [0.5, 0.6) is 0 Å². The zero-order valence-electron chi connectivity index (χ0n) is 8.65. The molecule has 1 aliphatic heterocycles. The molecule has 0 atom stereocenters. The fourth-order valence-corrected chi connectivity index (χ4v) is 1.82. The van der Waals surface area contributed by atoms with Crippen LogP contribution < -0.4 is 5.32 Å². The topological polar surface area (TPSA) is 42.7 Å². The summed E-state index contributed by atoms with van der Waals surface area (Å²) in [7, 11) is 0. The van der Waals surface area contributed by atoms with Crippen LogP contribution >= 0.6 is 0 Å². The van der Waals surface area contributed by atoms with Crippen LogP contribution in [0, 0.1) is 5.82 Å².